The number of amides is 1. The van der Waals surface area contributed by atoms with E-state index in [1.165, 1.54) is 0 Å². The highest BCUT2D eigenvalue weighted by Crippen LogP contribution is 2.32. The number of rotatable bonds is 4. The molecule has 0 spiro atoms. The van der Waals surface area contributed by atoms with E-state index in [1.807, 2.05) is 36.4 Å². The van der Waals surface area contributed by atoms with Crippen LogP contribution in [-0.4, -0.2) is 53.6 Å². The Morgan fingerprint density at radius 3 is 2.72 bits per heavy atom. The van der Waals surface area contributed by atoms with Gasteiger partial charge in [-0.2, -0.15) is 0 Å². The summed E-state index contributed by atoms with van der Waals surface area (Å²) in [6.07, 6.45) is 1.99. The highest BCUT2D eigenvalue weighted by atomic mass is 16.6. The zero-order valence-corrected chi connectivity index (χ0v) is 16.2. The van der Waals surface area contributed by atoms with Gasteiger partial charge in [-0.15, -0.1) is 0 Å². The smallest absolute Gasteiger partial charge is 0.238 e. The highest BCUT2D eigenvalue weighted by Gasteiger charge is 2.24. The SMILES string of the molecule is O=C(CN1CCC(c2nc3ccccc3[nH]2)CC1)Nc1ccc2c(c1)OCCO2. The maximum absolute atomic E-state index is 12.5. The van der Waals surface area contributed by atoms with Crippen molar-refractivity contribution in [2.24, 2.45) is 0 Å². The van der Waals surface area contributed by atoms with Crippen molar-refractivity contribution in [3.8, 4) is 11.5 Å². The zero-order chi connectivity index (χ0) is 19.6. The predicted octanol–water partition coefficient (Wildman–Crippen LogP) is 3.15. The predicted molar refractivity (Wildman–Crippen MR) is 111 cm³/mol. The highest BCUT2D eigenvalue weighted by molar-refractivity contribution is 5.92. The van der Waals surface area contributed by atoms with E-state index in [9.17, 15) is 4.79 Å². The summed E-state index contributed by atoms with van der Waals surface area (Å²) in [6.45, 7) is 3.25. The lowest BCUT2D eigenvalue weighted by Crippen LogP contribution is -2.38. The number of piperidine rings is 1. The Bertz CT molecular complexity index is 991. The number of ether oxygens (including phenoxy) is 2. The van der Waals surface area contributed by atoms with Crippen molar-refractivity contribution in [2.45, 2.75) is 18.8 Å². The molecule has 150 valence electrons. The molecule has 0 saturated carbocycles. The molecule has 0 unspecified atom stereocenters. The molecule has 7 heteroatoms. The van der Waals surface area contributed by atoms with Crippen molar-refractivity contribution in [3.63, 3.8) is 0 Å². The topological polar surface area (TPSA) is 79.5 Å². The summed E-state index contributed by atoms with van der Waals surface area (Å²) in [7, 11) is 0. The third-order valence-electron chi connectivity index (χ3n) is 5.58. The first kappa shape index (κ1) is 18.0. The first-order valence-corrected chi connectivity index (χ1v) is 10.1. The van der Waals surface area contributed by atoms with E-state index in [2.05, 4.69) is 21.3 Å². The standard InChI is InChI=1S/C22H24N4O3/c27-21(23-16-5-6-19-20(13-16)29-12-11-28-19)14-26-9-7-15(8-10-26)22-24-17-3-1-2-4-18(17)25-22/h1-6,13,15H,7-12,14H2,(H,23,27)(H,24,25). The molecule has 1 amide bonds. The van der Waals surface area contributed by atoms with E-state index >= 15 is 0 Å². The number of H-pyrrole nitrogens is 1. The Morgan fingerprint density at radius 2 is 1.90 bits per heavy atom. The van der Waals surface area contributed by atoms with Crippen LogP contribution in [0, 0.1) is 0 Å². The maximum Gasteiger partial charge on any atom is 0.238 e. The number of nitrogens with one attached hydrogen (secondary N) is 2. The lowest BCUT2D eigenvalue weighted by atomic mass is 9.96. The van der Waals surface area contributed by atoms with Crippen molar-refractivity contribution in [2.75, 3.05) is 38.2 Å². The van der Waals surface area contributed by atoms with Crippen molar-refractivity contribution in [1.29, 1.82) is 0 Å². The molecule has 3 heterocycles. The van der Waals surface area contributed by atoms with E-state index in [1.54, 1.807) is 0 Å². The first-order chi connectivity index (χ1) is 14.2. The van der Waals surface area contributed by atoms with E-state index in [-0.39, 0.29) is 5.91 Å². The Hall–Kier alpha value is -3.06. The molecule has 7 nitrogen and oxygen atoms in total. The fraction of sp³-hybridized carbons (Fsp3) is 0.364. The summed E-state index contributed by atoms with van der Waals surface area (Å²) in [6, 6.07) is 13.6. The molecule has 1 aromatic heterocycles. The number of aromatic amines is 1. The molecule has 0 aliphatic carbocycles. The number of nitrogens with zero attached hydrogens (tertiary/aromatic N) is 2. The van der Waals surface area contributed by atoms with Crippen molar-refractivity contribution < 1.29 is 14.3 Å². The number of hydrogen-bond donors (Lipinski definition) is 2. The minimum atomic E-state index is -0.0103. The molecule has 0 atom stereocenters. The van der Waals surface area contributed by atoms with Gasteiger partial charge in [0.2, 0.25) is 5.91 Å². The van der Waals surface area contributed by atoms with Crippen LogP contribution in [0.15, 0.2) is 42.5 Å². The van der Waals surface area contributed by atoms with Gasteiger partial charge in [-0.3, -0.25) is 9.69 Å². The van der Waals surface area contributed by atoms with Gasteiger partial charge < -0.3 is 19.8 Å². The van der Waals surface area contributed by atoms with Crippen molar-refractivity contribution in [3.05, 3.63) is 48.3 Å². The fourth-order valence-electron chi connectivity index (χ4n) is 4.06. The number of anilines is 1. The van der Waals surface area contributed by atoms with Crippen LogP contribution in [0.5, 0.6) is 11.5 Å². The monoisotopic (exact) mass is 392 g/mol. The van der Waals surface area contributed by atoms with Crippen LogP contribution < -0.4 is 14.8 Å². The normalized spacial score (nSPS) is 17.4. The molecule has 29 heavy (non-hydrogen) atoms. The Kier molecular flexibility index (Phi) is 4.81. The third kappa shape index (κ3) is 3.91. The second-order valence-electron chi connectivity index (χ2n) is 7.60. The van der Waals surface area contributed by atoms with Crippen LogP contribution >= 0.6 is 0 Å². The molecule has 2 aliphatic rings. The lowest BCUT2D eigenvalue weighted by Gasteiger charge is -2.30. The van der Waals surface area contributed by atoms with E-state index in [0.29, 0.717) is 31.4 Å². The summed E-state index contributed by atoms with van der Waals surface area (Å²) >= 11 is 0. The average molecular weight is 392 g/mol. The van der Waals surface area contributed by atoms with Crippen LogP contribution in [0.2, 0.25) is 0 Å². The lowest BCUT2D eigenvalue weighted by molar-refractivity contribution is -0.117. The molecule has 1 fully saturated rings. The molecule has 2 N–H and O–H groups in total. The van der Waals surface area contributed by atoms with Crippen LogP contribution in [0.4, 0.5) is 5.69 Å². The minimum Gasteiger partial charge on any atom is -0.486 e. The van der Waals surface area contributed by atoms with Gasteiger partial charge in [0.25, 0.3) is 0 Å². The van der Waals surface area contributed by atoms with Crippen LogP contribution in [0.1, 0.15) is 24.6 Å². The Labute approximate surface area is 169 Å². The van der Waals surface area contributed by atoms with Gasteiger partial charge in [-0.1, -0.05) is 12.1 Å². The van der Waals surface area contributed by atoms with Gasteiger partial charge in [0.15, 0.2) is 11.5 Å². The van der Waals surface area contributed by atoms with Gasteiger partial charge in [0.05, 0.1) is 17.6 Å². The number of carbonyl (C=O) groups is 1. The number of imidazole rings is 1. The average Bonchev–Trinajstić information content (AvgIpc) is 3.18. The molecule has 3 aromatic rings. The molecule has 1 saturated heterocycles. The van der Waals surface area contributed by atoms with Gasteiger partial charge in [-0.25, -0.2) is 4.98 Å². The molecule has 2 aromatic carbocycles. The molecule has 0 radical (unpaired) electrons. The van der Waals surface area contributed by atoms with Crippen molar-refractivity contribution in [1.82, 2.24) is 14.9 Å². The van der Waals surface area contributed by atoms with Gasteiger partial charge in [-0.05, 0) is 50.2 Å². The molecule has 5 rings (SSSR count). The first-order valence-electron chi connectivity index (χ1n) is 10.1. The third-order valence-corrected chi connectivity index (χ3v) is 5.58. The Balaban J connectivity index is 1.15. The summed E-state index contributed by atoms with van der Waals surface area (Å²) in [5.74, 6) is 2.87. The number of benzene rings is 2. The fourth-order valence-corrected chi connectivity index (χ4v) is 4.06. The largest absolute Gasteiger partial charge is 0.486 e. The quantitative estimate of drug-likeness (QED) is 0.713. The maximum atomic E-state index is 12.5. The summed E-state index contributed by atoms with van der Waals surface area (Å²) in [5, 5.41) is 2.97. The molecular formula is C22H24N4O3. The van der Waals surface area contributed by atoms with E-state index in [0.717, 1.165) is 54.2 Å². The molecular weight excluding hydrogens is 368 g/mol. The number of para-hydroxylation sites is 2. The van der Waals surface area contributed by atoms with Gasteiger partial charge >= 0.3 is 0 Å². The number of likely N-dealkylation sites (tertiary alicyclic amines) is 1. The number of fused-ring (bicyclic) bond motifs is 2. The zero-order valence-electron chi connectivity index (χ0n) is 16.2. The van der Waals surface area contributed by atoms with Crippen LogP contribution in [0.25, 0.3) is 11.0 Å². The molecule has 0 bridgehead atoms. The molecule has 2 aliphatic heterocycles. The van der Waals surface area contributed by atoms with Crippen LogP contribution in [-0.2, 0) is 4.79 Å². The number of aromatic nitrogens is 2. The van der Waals surface area contributed by atoms with Crippen molar-refractivity contribution >= 4 is 22.6 Å². The second-order valence-corrected chi connectivity index (χ2v) is 7.60. The van der Waals surface area contributed by atoms with E-state index in [4.69, 9.17) is 14.5 Å². The number of hydrogen-bond acceptors (Lipinski definition) is 5. The minimum absolute atomic E-state index is 0.0103. The Morgan fingerprint density at radius 1 is 1.10 bits per heavy atom. The summed E-state index contributed by atoms with van der Waals surface area (Å²) in [4.78, 5) is 22.9. The second kappa shape index (κ2) is 7.75. The van der Waals surface area contributed by atoms with Crippen LogP contribution in [0.3, 0.4) is 0 Å². The van der Waals surface area contributed by atoms with Gasteiger partial charge in [0.1, 0.15) is 19.0 Å². The van der Waals surface area contributed by atoms with E-state index < -0.39 is 0 Å². The number of carbonyl (C=O) groups excluding carboxylic acids is 1. The summed E-state index contributed by atoms with van der Waals surface area (Å²) in [5.41, 5.74) is 2.84. The van der Waals surface area contributed by atoms with Gasteiger partial charge in [0, 0.05) is 17.7 Å². The summed E-state index contributed by atoms with van der Waals surface area (Å²) < 4.78 is 11.1.